The molecule has 0 aliphatic rings. The number of hydrogen-bond donors (Lipinski definition) is 0. The van der Waals surface area contributed by atoms with Crippen LogP contribution in [0.3, 0.4) is 0 Å². The van der Waals surface area contributed by atoms with Crippen molar-refractivity contribution in [2.45, 2.75) is 6.92 Å². The standard InChI is InChI=1S/C23H17BrClNO2/c1-16-20(25)6-4-7-21(16)26-15-18-5-2-3-8-22(18)28-23(27)14-11-17-9-12-19(24)13-10-17/h2-15H,1H3. The maximum atomic E-state index is 12.2. The van der Waals surface area contributed by atoms with Crippen LogP contribution in [0.5, 0.6) is 5.75 Å². The van der Waals surface area contributed by atoms with Crippen molar-refractivity contribution < 1.29 is 9.53 Å². The zero-order valence-corrected chi connectivity index (χ0v) is 17.4. The number of ether oxygens (including phenoxy) is 1. The van der Waals surface area contributed by atoms with E-state index in [9.17, 15) is 4.79 Å². The van der Waals surface area contributed by atoms with Crippen molar-refractivity contribution in [2.24, 2.45) is 4.99 Å². The predicted molar refractivity (Wildman–Crippen MR) is 119 cm³/mol. The molecule has 0 heterocycles. The molecule has 0 unspecified atom stereocenters. The molecule has 3 aromatic carbocycles. The first kappa shape index (κ1) is 20.1. The molecule has 3 rings (SSSR count). The number of carbonyl (C=O) groups is 1. The smallest absolute Gasteiger partial charge is 0.336 e. The molecular formula is C23H17BrClNO2. The van der Waals surface area contributed by atoms with Crippen LogP contribution in [0.1, 0.15) is 16.7 Å². The highest BCUT2D eigenvalue weighted by Gasteiger charge is 2.06. The van der Waals surface area contributed by atoms with Gasteiger partial charge in [-0.15, -0.1) is 0 Å². The normalized spacial score (nSPS) is 11.2. The molecule has 0 aliphatic heterocycles. The van der Waals surface area contributed by atoms with Crippen LogP contribution in [-0.2, 0) is 4.79 Å². The van der Waals surface area contributed by atoms with E-state index in [1.54, 1.807) is 18.4 Å². The van der Waals surface area contributed by atoms with Crippen molar-refractivity contribution in [2.75, 3.05) is 0 Å². The van der Waals surface area contributed by atoms with Gasteiger partial charge in [-0.25, -0.2) is 4.79 Å². The second-order valence-corrected chi connectivity index (χ2v) is 7.31. The molecule has 0 N–H and O–H groups in total. The molecule has 0 fully saturated rings. The van der Waals surface area contributed by atoms with E-state index in [1.165, 1.54) is 6.08 Å². The fourth-order valence-electron chi connectivity index (χ4n) is 2.44. The number of nitrogens with zero attached hydrogens (tertiary/aromatic N) is 1. The molecule has 0 aliphatic carbocycles. The lowest BCUT2D eigenvalue weighted by atomic mass is 10.2. The highest BCUT2D eigenvalue weighted by atomic mass is 79.9. The first-order valence-electron chi connectivity index (χ1n) is 8.56. The number of para-hydroxylation sites is 1. The van der Waals surface area contributed by atoms with Gasteiger partial charge < -0.3 is 4.74 Å². The van der Waals surface area contributed by atoms with Crippen molar-refractivity contribution in [1.82, 2.24) is 0 Å². The molecule has 0 aromatic heterocycles. The van der Waals surface area contributed by atoms with Crippen LogP contribution in [-0.4, -0.2) is 12.2 Å². The van der Waals surface area contributed by atoms with Crippen LogP contribution in [0.4, 0.5) is 5.69 Å². The highest BCUT2D eigenvalue weighted by molar-refractivity contribution is 9.10. The molecule has 0 atom stereocenters. The minimum absolute atomic E-state index is 0.441. The summed E-state index contributed by atoms with van der Waals surface area (Å²) in [5.41, 5.74) is 3.27. The third-order valence-electron chi connectivity index (χ3n) is 3.99. The van der Waals surface area contributed by atoms with Crippen LogP contribution >= 0.6 is 27.5 Å². The van der Waals surface area contributed by atoms with Crippen molar-refractivity contribution in [1.29, 1.82) is 0 Å². The molecule has 3 nitrogen and oxygen atoms in total. The Morgan fingerprint density at radius 2 is 1.79 bits per heavy atom. The highest BCUT2D eigenvalue weighted by Crippen LogP contribution is 2.26. The van der Waals surface area contributed by atoms with Gasteiger partial charge in [-0.05, 0) is 60.5 Å². The Kier molecular flexibility index (Phi) is 6.80. The number of aliphatic imine (C=N–C) groups is 1. The van der Waals surface area contributed by atoms with Crippen molar-refractivity contribution >= 4 is 51.5 Å². The van der Waals surface area contributed by atoms with E-state index in [1.807, 2.05) is 67.6 Å². The van der Waals surface area contributed by atoms with Crippen LogP contribution < -0.4 is 4.74 Å². The lowest BCUT2D eigenvalue weighted by Gasteiger charge is -2.06. The summed E-state index contributed by atoms with van der Waals surface area (Å²) < 4.78 is 6.46. The topological polar surface area (TPSA) is 38.7 Å². The summed E-state index contributed by atoms with van der Waals surface area (Å²) in [7, 11) is 0. The third-order valence-corrected chi connectivity index (χ3v) is 4.93. The van der Waals surface area contributed by atoms with Crippen LogP contribution in [0.25, 0.3) is 6.08 Å². The van der Waals surface area contributed by atoms with Gasteiger partial charge in [0.15, 0.2) is 0 Å². The van der Waals surface area contributed by atoms with E-state index in [2.05, 4.69) is 20.9 Å². The van der Waals surface area contributed by atoms with E-state index >= 15 is 0 Å². The Morgan fingerprint density at radius 3 is 2.57 bits per heavy atom. The predicted octanol–water partition coefficient (Wildman–Crippen LogP) is 6.78. The Hall–Kier alpha value is -2.69. The zero-order chi connectivity index (χ0) is 19.9. The average molecular weight is 455 g/mol. The molecule has 0 amide bonds. The number of rotatable bonds is 5. The molecule has 0 saturated heterocycles. The second kappa shape index (κ2) is 9.49. The van der Waals surface area contributed by atoms with Crippen LogP contribution in [0.15, 0.2) is 82.3 Å². The van der Waals surface area contributed by atoms with Crippen molar-refractivity contribution in [3.05, 3.63) is 99.0 Å². The molecular weight excluding hydrogens is 438 g/mol. The van der Waals surface area contributed by atoms with Gasteiger partial charge in [-0.2, -0.15) is 0 Å². The monoisotopic (exact) mass is 453 g/mol. The largest absolute Gasteiger partial charge is 0.423 e. The summed E-state index contributed by atoms with van der Waals surface area (Å²) in [6.07, 6.45) is 4.78. The summed E-state index contributed by atoms with van der Waals surface area (Å²) in [6, 6.07) is 20.4. The first-order valence-corrected chi connectivity index (χ1v) is 9.74. The first-order chi connectivity index (χ1) is 13.5. The van der Waals surface area contributed by atoms with Gasteiger partial charge in [-0.1, -0.05) is 57.9 Å². The molecule has 5 heteroatoms. The maximum absolute atomic E-state index is 12.2. The molecule has 3 aromatic rings. The minimum atomic E-state index is -0.456. The van der Waals surface area contributed by atoms with E-state index < -0.39 is 5.97 Å². The van der Waals surface area contributed by atoms with Crippen LogP contribution in [0.2, 0.25) is 5.02 Å². The lowest BCUT2D eigenvalue weighted by Crippen LogP contribution is -2.05. The Labute approximate surface area is 177 Å². The van der Waals surface area contributed by atoms with Crippen molar-refractivity contribution in [3.63, 3.8) is 0 Å². The fraction of sp³-hybridized carbons (Fsp3) is 0.0435. The molecule has 0 saturated carbocycles. The molecule has 0 radical (unpaired) electrons. The van der Waals surface area contributed by atoms with Gasteiger partial charge in [0.2, 0.25) is 0 Å². The minimum Gasteiger partial charge on any atom is -0.423 e. The number of carbonyl (C=O) groups excluding carboxylic acids is 1. The average Bonchev–Trinajstić information content (AvgIpc) is 2.70. The van der Waals surface area contributed by atoms with E-state index in [0.29, 0.717) is 16.3 Å². The summed E-state index contributed by atoms with van der Waals surface area (Å²) in [5.74, 6) is -0.0147. The summed E-state index contributed by atoms with van der Waals surface area (Å²) >= 11 is 9.52. The molecule has 140 valence electrons. The van der Waals surface area contributed by atoms with Gasteiger partial charge in [0.25, 0.3) is 0 Å². The molecule has 28 heavy (non-hydrogen) atoms. The maximum Gasteiger partial charge on any atom is 0.336 e. The van der Waals surface area contributed by atoms with Gasteiger partial charge in [0.1, 0.15) is 5.75 Å². The number of benzene rings is 3. The van der Waals surface area contributed by atoms with Gasteiger partial charge in [-0.3, -0.25) is 4.99 Å². The second-order valence-electron chi connectivity index (χ2n) is 5.99. The van der Waals surface area contributed by atoms with Gasteiger partial charge >= 0.3 is 5.97 Å². The molecule has 0 spiro atoms. The summed E-state index contributed by atoms with van der Waals surface area (Å²) in [6.45, 7) is 1.91. The summed E-state index contributed by atoms with van der Waals surface area (Å²) in [4.78, 5) is 16.7. The quantitative estimate of drug-likeness (QED) is 0.184. The van der Waals surface area contributed by atoms with E-state index in [4.69, 9.17) is 16.3 Å². The Bertz CT molecular complexity index is 1040. The Morgan fingerprint density at radius 1 is 1.04 bits per heavy atom. The van der Waals surface area contributed by atoms with Gasteiger partial charge in [0, 0.05) is 27.3 Å². The molecule has 0 bridgehead atoms. The van der Waals surface area contributed by atoms with Crippen molar-refractivity contribution in [3.8, 4) is 5.75 Å². The SMILES string of the molecule is Cc1c(Cl)cccc1N=Cc1ccccc1OC(=O)C=Cc1ccc(Br)cc1. The number of hydrogen-bond acceptors (Lipinski definition) is 3. The van der Waals surface area contributed by atoms with Crippen LogP contribution in [0, 0.1) is 6.92 Å². The van der Waals surface area contributed by atoms with E-state index in [0.717, 1.165) is 21.3 Å². The fourth-order valence-corrected chi connectivity index (χ4v) is 2.87. The number of esters is 1. The van der Waals surface area contributed by atoms with Gasteiger partial charge in [0.05, 0.1) is 5.69 Å². The Balaban J connectivity index is 1.74. The number of halogens is 2. The third kappa shape index (κ3) is 5.41. The zero-order valence-electron chi connectivity index (χ0n) is 15.1. The summed E-state index contributed by atoms with van der Waals surface area (Å²) in [5, 5.41) is 0.660. The van der Waals surface area contributed by atoms with E-state index in [-0.39, 0.29) is 0 Å². The lowest BCUT2D eigenvalue weighted by molar-refractivity contribution is -0.128.